The lowest BCUT2D eigenvalue weighted by Gasteiger charge is -2.34. The summed E-state index contributed by atoms with van der Waals surface area (Å²) in [6, 6.07) is 6.31. The zero-order chi connectivity index (χ0) is 20.7. The highest BCUT2D eigenvalue weighted by atomic mass is 35.5. The molecule has 3 heterocycles. The number of likely N-dealkylation sites (tertiary alicyclic amines) is 1. The first-order valence-corrected chi connectivity index (χ1v) is 9.73. The number of benzene rings is 1. The van der Waals surface area contributed by atoms with Crippen molar-refractivity contribution in [1.82, 2.24) is 19.4 Å². The van der Waals surface area contributed by atoms with Crippen molar-refractivity contribution in [3.63, 3.8) is 0 Å². The number of aromatic hydroxyl groups is 1. The average molecular weight is 417 g/mol. The molecule has 2 aliphatic rings. The lowest BCUT2D eigenvalue weighted by molar-refractivity contribution is 0.144. The number of aromatic nitrogens is 2. The fraction of sp³-hybridized carbons (Fsp3) is 0.350. The Morgan fingerprint density at radius 2 is 2.07 bits per heavy atom. The second-order valence-electron chi connectivity index (χ2n) is 7.14. The molecular formula is C20H21ClN4O4. The summed E-state index contributed by atoms with van der Waals surface area (Å²) < 4.78 is 7.26. The van der Waals surface area contributed by atoms with E-state index in [1.54, 1.807) is 33.7 Å². The van der Waals surface area contributed by atoms with Crippen molar-refractivity contribution in [1.29, 1.82) is 0 Å². The number of rotatable bonds is 2. The highest BCUT2D eigenvalue weighted by Gasteiger charge is 2.37. The second kappa shape index (κ2) is 7.44. The lowest BCUT2D eigenvalue weighted by atomic mass is 10.1. The first kappa shape index (κ1) is 19.3. The number of hydrogen-bond acceptors (Lipinski definition) is 6. The Balaban J connectivity index is 1.70. The predicted molar refractivity (Wildman–Crippen MR) is 108 cm³/mol. The van der Waals surface area contributed by atoms with Crippen LogP contribution in [0.25, 0.3) is 5.70 Å². The SMILES string of the molecule is C=C1c2c(O)c(=O)nc(C3CCCN3C(=O)Oc3ccccc3Cl)n2CCN1C. The number of para-hydroxylation sites is 1. The summed E-state index contributed by atoms with van der Waals surface area (Å²) in [7, 11) is 1.85. The maximum absolute atomic E-state index is 12.8. The second-order valence-corrected chi connectivity index (χ2v) is 7.55. The Hall–Kier alpha value is -3.00. The quantitative estimate of drug-likeness (QED) is 0.809. The van der Waals surface area contributed by atoms with Gasteiger partial charge in [-0.05, 0) is 25.0 Å². The molecule has 1 unspecified atom stereocenters. The molecule has 29 heavy (non-hydrogen) atoms. The fourth-order valence-corrected chi connectivity index (χ4v) is 4.01. The van der Waals surface area contributed by atoms with Crippen LogP contribution in [-0.4, -0.2) is 50.7 Å². The van der Waals surface area contributed by atoms with E-state index in [1.807, 2.05) is 11.9 Å². The summed E-state index contributed by atoms with van der Waals surface area (Å²) in [5.41, 5.74) is 0.159. The van der Waals surface area contributed by atoms with Crippen LogP contribution in [0.1, 0.15) is 30.4 Å². The molecular weight excluding hydrogens is 396 g/mol. The molecule has 2 aliphatic heterocycles. The van der Waals surface area contributed by atoms with E-state index in [0.717, 1.165) is 6.42 Å². The molecule has 1 saturated heterocycles. The molecule has 1 amide bonds. The van der Waals surface area contributed by atoms with Gasteiger partial charge in [0.25, 0.3) is 0 Å². The molecule has 152 valence electrons. The number of carbonyl (C=O) groups is 1. The zero-order valence-corrected chi connectivity index (χ0v) is 16.7. The van der Waals surface area contributed by atoms with E-state index in [4.69, 9.17) is 16.3 Å². The molecule has 1 aromatic carbocycles. The molecule has 4 rings (SSSR count). The Morgan fingerprint density at radius 3 is 2.83 bits per heavy atom. The van der Waals surface area contributed by atoms with E-state index in [0.29, 0.717) is 48.3 Å². The molecule has 9 heteroatoms. The van der Waals surface area contributed by atoms with Crippen molar-refractivity contribution in [2.45, 2.75) is 25.4 Å². The molecule has 1 fully saturated rings. The van der Waals surface area contributed by atoms with Crippen LogP contribution in [0.2, 0.25) is 5.02 Å². The third kappa shape index (κ3) is 3.33. The first-order chi connectivity index (χ1) is 13.9. The van der Waals surface area contributed by atoms with Gasteiger partial charge in [0.2, 0.25) is 5.75 Å². The summed E-state index contributed by atoms with van der Waals surface area (Å²) >= 11 is 6.10. The van der Waals surface area contributed by atoms with Crippen molar-refractivity contribution in [3.05, 3.63) is 57.7 Å². The first-order valence-electron chi connectivity index (χ1n) is 9.35. The summed E-state index contributed by atoms with van der Waals surface area (Å²) in [4.78, 5) is 32.7. The van der Waals surface area contributed by atoms with Crippen molar-refractivity contribution >= 4 is 23.4 Å². The van der Waals surface area contributed by atoms with Crippen molar-refractivity contribution in [3.8, 4) is 11.5 Å². The van der Waals surface area contributed by atoms with E-state index < -0.39 is 23.4 Å². The largest absolute Gasteiger partial charge is 0.501 e. The highest BCUT2D eigenvalue weighted by Crippen LogP contribution is 2.36. The monoisotopic (exact) mass is 416 g/mol. The van der Waals surface area contributed by atoms with Gasteiger partial charge in [-0.25, -0.2) is 4.79 Å². The van der Waals surface area contributed by atoms with Gasteiger partial charge in [0.05, 0.1) is 16.8 Å². The molecule has 0 bridgehead atoms. The Bertz CT molecular complexity index is 1050. The summed E-state index contributed by atoms with van der Waals surface area (Å²) in [6.07, 6.45) is 0.829. The number of fused-ring (bicyclic) bond motifs is 1. The molecule has 8 nitrogen and oxygen atoms in total. The van der Waals surface area contributed by atoms with Crippen LogP contribution in [-0.2, 0) is 6.54 Å². The zero-order valence-electron chi connectivity index (χ0n) is 16.0. The third-order valence-electron chi connectivity index (χ3n) is 5.40. The standard InChI is InChI=1S/C20H21ClN4O4/c1-12-16-17(26)19(27)22-18(25(16)11-10-23(12)2)14-7-5-9-24(14)20(28)29-15-8-4-3-6-13(15)21/h3-4,6,8,14,26H,1,5,7,9-11H2,2H3. The van der Waals surface area contributed by atoms with Crippen molar-refractivity contribution in [2.24, 2.45) is 0 Å². The highest BCUT2D eigenvalue weighted by molar-refractivity contribution is 6.32. The average Bonchev–Trinajstić information content (AvgIpc) is 3.18. The molecule has 0 radical (unpaired) electrons. The van der Waals surface area contributed by atoms with E-state index in [-0.39, 0.29) is 5.75 Å². The number of amides is 1. The van der Waals surface area contributed by atoms with Crippen LogP contribution in [0.15, 0.2) is 35.6 Å². The Labute approximate surface area is 172 Å². The van der Waals surface area contributed by atoms with Gasteiger partial charge in [-0.2, -0.15) is 4.98 Å². The molecule has 0 saturated carbocycles. The molecule has 0 spiro atoms. The van der Waals surface area contributed by atoms with Gasteiger partial charge >= 0.3 is 11.7 Å². The van der Waals surface area contributed by atoms with Crippen LogP contribution in [0, 0.1) is 0 Å². The minimum Gasteiger partial charge on any atom is -0.501 e. The molecule has 1 aromatic heterocycles. The predicted octanol–water partition coefficient (Wildman–Crippen LogP) is 2.85. The van der Waals surface area contributed by atoms with Gasteiger partial charge in [0.15, 0.2) is 5.75 Å². The number of nitrogens with zero attached hydrogens (tertiary/aromatic N) is 4. The van der Waals surface area contributed by atoms with Crippen molar-refractivity contribution < 1.29 is 14.6 Å². The third-order valence-corrected chi connectivity index (χ3v) is 5.71. The van der Waals surface area contributed by atoms with Gasteiger partial charge in [-0.15, -0.1) is 0 Å². The van der Waals surface area contributed by atoms with Gasteiger partial charge < -0.3 is 19.3 Å². The minimum absolute atomic E-state index is 0.276. The fourth-order valence-electron chi connectivity index (χ4n) is 3.83. The maximum atomic E-state index is 12.8. The van der Waals surface area contributed by atoms with Gasteiger partial charge in [0.1, 0.15) is 11.5 Å². The molecule has 2 aromatic rings. The number of hydrogen-bond donors (Lipinski definition) is 1. The number of likely N-dealkylation sites (N-methyl/N-ethyl adjacent to an activating group) is 1. The molecule has 1 atom stereocenters. The maximum Gasteiger partial charge on any atom is 0.415 e. The minimum atomic E-state index is -0.728. The van der Waals surface area contributed by atoms with Crippen LogP contribution < -0.4 is 10.3 Å². The van der Waals surface area contributed by atoms with E-state index >= 15 is 0 Å². The van der Waals surface area contributed by atoms with E-state index in [9.17, 15) is 14.7 Å². The van der Waals surface area contributed by atoms with Gasteiger partial charge in [-0.1, -0.05) is 30.3 Å². The Kier molecular flexibility index (Phi) is 4.96. The van der Waals surface area contributed by atoms with Crippen LogP contribution in [0.5, 0.6) is 11.5 Å². The van der Waals surface area contributed by atoms with E-state index in [2.05, 4.69) is 11.6 Å². The normalized spacial score (nSPS) is 18.7. The smallest absolute Gasteiger partial charge is 0.415 e. The summed E-state index contributed by atoms with van der Waals surface area (Å²) in [6.45, 7) is 5.63. The molecule has 1 N–H and O–H groups in total. The van der Waals surface area contributed by atoms with E-state index in [1.165, 1.54) is 0 Å². The van der Waals surface area contributed by atoms with Gasteiger partial charge in [0, 0.05) is 26.7 Å². The summed E-state index contributed by atoms with van der Waals surface area (Å²) in [5, 5.41) is 10.6. The number of carbonyl (C=O) groups excluding carboxylic acids is 1. The topological polar surface area (TPSA) is 87.9 Å². The number of ether oxygens (including phenoxy) is 1. The summed E-state index contributed by atoms with van der Waals surface area (Å²) in [5.74, 6) is 0.289. The lowest BCUT2D eigenvalue weighted by Crippen LogP contribution is -2.39. The van der Waals surface area contributed by atoms with Crippen LogP contribution >= 0.6 is 11.6 Å². The molecule has 0 aliphatic carbocycles. The van der Waals surface area contributed by atoms with Crippen LogP contribution in [0.3, 0.4) is 0 Å². The van der Waals surface area contributed by atoms with Crippen LogP contribution in [0.4, 0.5) is 4.79 Å². The Morgan fingerprint density at radius 1 is 1.31 bits per heavy atom. The van der Waals surface area contributed by atoms with Gasteiger partial charge in [-0.3, -0.25) is 9.69 Å². The number of halogens is 1. The van der Waals surface area contributed by atoms with Crippen molar-refractivity contribution in [2.75, 3.05) is 20.1 Å².